The monoisotopic (exact) mass is 237 g/mol. The molecule has 2 heterocycles. The minimum Gasteiger partial charge on any atom is -0.369 e. The maximum Gasteiger partial charge on any atom is 0.213 e. The molecular formula is C9H11N5OS. The van der Waals surface area contributed by atoms with Crippen molar-refractivity contribution in [2.24, 2.45) is 0 Å². The lowest BCUT2D eigenvalue weighted by Crippen LogP contribution is -2.07. The summed E-state index contributed by atoms with van der Waals surface area (Å²) in [6, 6.07) is 1.90. The second kappa shape index (κ2) is 5.45. The van der Waals surface area contributed by atoms with Gasteiger partial charge in [0, 0.05) is 19.0 Å². The molecule has 6 nitrogen and oxygen atoms in total. The van der Waals surface area contributed by atoms with Gasteiger partial charge in [0.2, 0.25) is 6.39 Å². The summed E-state index contributed by atoms with van der Waals surface area (Å²) in [7, 11) is 0. The van der Waals surface area contributed by atoms with E-state index in [0.29, 0.717) is 18.8 Å². The first-order chi connectivity index (χ1) is 7.88. The van der Waals surface area contributed by atoms with Gasteiger partial charge in [0.25, 0.3) is 0 Å². The molecule has 0 aromatic carbocycles. The van der Waals surface area contributed by atoms with Crippen molar-refractivity contribution >= 4 is 17.6 Å². The summed E-state index contributed by atoms with van der Waals surface area (Å²) in [6.45, 7) is 0.713. The molecule has 0 saturated carbocycles. The fourth-order valence-corrected chi connectivity index (χ4v) is 1.53. The molecule has 16 heavy (non-hydrogen) atoms. The van der Waals surface area contributed by atoms with E-state index in [4.69, 9.17) is 0 Å². The van der Waals surface area contributed by atoms with Crippen molar-refractivity contribution in [2.45, 2.75) is 11.4 Å². The van der Waals surface area contributed by atoms with E-state index >= 15 is 0 Å². The minimum atomic E-state index is 0.687. The molecule has 2 aromatic rings. The summed E-state index contributed by atoms with van der Waals surface area (Å²) in [5.74, 6) is 1.49. The average molecular weight is 237 g/mol. The predicted molar refractivity (Wildman–Crippen MR) is 60.3 cm³/mol. The summed E-state index contributed by atoms with van der Waals surface area (Å²) < 4.78 is 4.64. The Morgan fingerprint density at radius 3 is 3.06 bits per heavy atom. The van der Waals surface area contributed by atoms with Crippen LogP contribution in [-0.2, 0) is 6.42 Å². The van der Waals surface area contributed by atoms with Gasteiger partial charge in [-0.25, -0.2) is 9.97 Å². The van der Waals surface area contributed by atoms with Crippen molar-refractivity contribution in [3.05, 3.63) is 24.6 Å². The zero-order valence-electron chi connectivity index (χ0n) is 8.75. The number of rotatable bonds is 5. The van der Waals surface area contributed by atoms with Crippen LogP contribution in [0, 0.1) is 0 Å². The zero-order valence-corrected chi connectivity index (χ0v) is 9.57. The van der Waals surface area contributed by atoms with Crippen LogP contribution >= 0.6 is 11.8 Å². The molecule has 2 aromatic heterocycles. The number of hydrogen-bond acceptors (Lipinski definition) is 7. The molecule has 84 valence electrons. The summed E-state index contributed by atoms with van der Waals surface area (Å²) in [5.41, 5.74) is 0. The van der Waals surface area contributed by atoms with E-state index in [1.165, 1.54) is 6.39 Å². The van der Waals surface area contributed by atoms with Gasteiger partial charge >= 0.3 is 0 Å². The van der Waals surface area contributed by atoms with Crippen molar-refractivity contribution in [3.8, 4) is 0 Å². The minimum absolute atomic E-state index is 0.687. The molecular weight excluding hydrogens is 226 g/mol. The number of thioether (sulfide) groups is 1. The fourth-order valence-electron chi connectivity index (χ4n) is 1.15. The summed E-state index contributed by atoms with van der Waals surface area (Å²) in [6.07, 6.45) is 5.55. The molecule has 2 rings (SSSR count). The summed E-state index contributed by atoms with van der Waals surface area (Å²) in [4.78, 5) is 12.1. The molecule has 0 aliphatic heterocycles. The van der Waals surface area contributed by atoms with E-state index in [-0.39, 0.29) is 0 Å². The van der Waals surface area contributed by atoms with Crippen LogP contribution in [0.25, 0.3) is 0 Å². The van der Waals surface area contributed by atoms with E-state index in [9.17, 15) is 0 Å². The standard InChI is InChI=1S/C9H11N5OS/c1-16-9-4-8(11-5-12-9)10-3-2-7-13-6-15-14-7/h4-6H,2-3H2,1H3,(H,10,11,12). The van der Waals surface area contributed by atoms with E-state index < -0.39 is 0 Å². The van der Waals surface area contributed by atoms with Gasteiger partial charge in [-0.1, -0.05) is 5.16 Å². The highest BCUT2D eigenvalue weighted by Gasteiger charge is 2.00. The first kappa shape index (κ1) is 10.9. The number of hydrogen-bond donors (Lipinski definition) is 1. The highest BCUT2D eigenvalue weighted by Crippen LogP contribution is 2.13. The molecule has 0 atom stereocenters. The Hall–Kier alpha value is -1.63. The van der Waals surface area contributed by atoms with Gasteiger partial charge < -0.3 is 9.84 Å². The molecule has 0 radical (unpaired) electrons. The van der Waals surface area contributed by atoms with Gasteiger partial charge in [-0.15, -0.1) is 11.8 Å². The second-order valence-corrected chi connectivity index (χ2v) is 3.80. The van der Waals surface area contributed by atoms with Crippen LogP contribution in [0.1, 0.15) is 5.82 Å². The Labute approximate surface area is 96.9 Å². The second-order valence-electron chi connectivity index (χ2n) is 2.97. The lowest BCUT2D eigenvalue weighted by atomic mass is 10.4. The largest absolute Gasteiger partial charge is 0.369 e. The van der Waals surface area contributed by atoms with Gasteiger partial charge in [-0.05, 0) is 6.26 Å². The van der Waals surface area contributed by atoms with Crippen molar-refractivity contribution in [1.82, 2.24) is 20.1 Å². The van der Waals surface area contributed by atoms with Crippen LogP contribution in [-0.4, -0.2) is 32.9 Å². The molecule has 0 amide bonds. The maximum atomic E-state index is 4.64. The van der Waals surface area contributed by atoms with Crippen LogP contribution < -0.4 is 5.32 Å². The predicted octanol–water partition coefficient (Wildman–Crippen LogP) is 1.24. The molecule has 0 fully saturated rings. The normalized spacial score (nSPS) is 10.3. The fraction of sp³-hybridized carbons (Fsp3) is 0.333. The van der Waals surface area contributed by atoms with Gasteiger partial charge in [-0.3, -0.25) is 0 Å². The number of aromatic nitrogens is 4. The van der Waals surface area contributed by atoms with Crippen molar-refractivity contribution in [2.75, 3.05) is 18.1 Å². The smallest absolute Gasteiger partial charge is 0.213 e. The SMILES string of the molecule is CSc1cc(NCCc2ncon2)ncn1. The van der Waals surface area contributed by atoms with E-state index in [2.05, 4.69) is 29.9 Å². The van der Waals surface area contributed by atoms with Gasteiger partial charge in [-0.2, -0.15) is 4.98 Å². The van der Waals surface area contributed by atoms with Crippen molar-refractivity contribution in [3.63, 3.8) is 0 Å². The molecule has 0 unspecified atom stereocenters. The Morgan fingerprint density at radius 2 is 2.31 bits per heavy atom. The van der Waals surface area contributed by atoms with Gasteiger partial charge in [0.1, 0.15) is 17.2 Å². The molecule has 0 saturated heterocycles. The Kier molecular flexibility index (Phi) is 3.71. The van der Waals surface area contributed by atoms with Crippen molar-refractivity contribution < 1.29 is 4.52 Å². The third kappa shape index (κ3) is 2.93. The Balaban J connectivity index is 1.85. The number of nitrogens with one attached hydrogen (secondary N) is 1. The lowest BCUT2D eigenvalue weighted by Gasteiger charge is -2.03. The third-order valence-corrected chi connectivity index (χ3v) is 2.55. The van der Waals surface area contributed by atoms with Crippen LogP contribution in [0.15, 0.2) is 28.3 Å². The van der Waals surface area contributed by atoms with Crippen LogP contribution in [0.2, 0.25) is 0 Å². The first-order valence-corrected chi connectivity index (χ1v) is 5.96. The van der Waals surface area contributed by atoms with E-state index in [0.717, 1.165) is 10.8 Å². The molecule has 0 aliphatic rings. The average Bonchev–Trinajstić information content (AvgIpc) is 2.82. The van der Waals surface area contributed by atoms with Crippen molar-refractivity contribution in [1.29, 1.82) is 0 Å². The van der Waals surface area contributed by atoms with Gasteiger partial charge in [0.05, 0.1) is 0 Å². The summed E-state index contributed by atoms with van der Waals surface area (Å²) >= 11 is 1.58. The Morgan fingerprint density at radius 1 is 1.38 bits per heavy atom. The zero-order chi connectivity index (χ0) is 11.2. The van der Waals surface area contributed by atoms with Crippen LogP contribution in [0.3, 0.4) is 0 Å². The lowest BCUT2D eigenvalue weighted by molar-refractivity contribution is 0.410. The number of anilines is 1. The molecule has 0 bridgehead atoms. The van der Waals surface area contributed by atoms with E-state index in [1.54, 1.807) is 18.1 Å². The highest BCUT2D eigenvalue weighted by molar-refractivity contribution is 7.98. The topological polar surface area (TPSA) is 76.7 Å². The van der Waals surface area contributed by atoms with Gasteiger partial charge in [0.15, 0.2) is 5.82 Å². The molecule has 0 spiro atoms. The highest BCUT2D eigenvalue weighted by atomic mass is 32.2. The quantitative estimate of drug-likeness (QED) is 0.619. The molecule has 1 N–H and O–H groups in total. The maximum absolute atomic E-state index is 4.64. The van der Waals surface area contributed by atoms with Crippen LogP contribution in [0.5, 0.6) is 0 Å². The van der Waals surface area contributed by atoms with E-state index in [1.807, 2.05) is 12.3 Å². The Bertz CT molecular complexity index is 433. The molecule has 0 aliphatic carbocycles. The van der Waals surface area contributed by atoms with Crippen LogP contribution in [0.4, 0.5) is 5.82 Å². The third-order valence-electron chi connectivity index (χ3n) is 1.91. The molecule has 7 heteroatoms. The number of nitrogens with zero attached hydrogens (tertiary/aromatic N) is 4. The first-order valence-electron chi connectivity index (χ1n) is 4.73. The summed E-state index contributed by atoms with van der Waals surface area (Å²) in [5, 5.41) is 7.83.